The topological polar surface area (TPSA) is 133 Å². The highest BCUT2D eigenvalue weighted by molar-refractivity contribution is 8.00. The molecule has 0 spiro atoms. The lowest BCUT2D eigenvalue weighted by atomic mass is 10.1. The summed E-state index contributed by atoms with van der Waals surface area (Å²) < 4.78 is 10.7. The number of aromatic nitrogens is 1. The molecule has 10 nitrogen and oxygen atoms in total. The van der Waals surface area contributed by atoms with Gasteiger partial charge in [0.15, 0.2) is 16.6 Å². The predicted molar refractivity (Wildman–Crippen MR) is 172 cm³/mol. The van der Waals surface area contributed by atoms with Crippen LogP contribution in [0.2, 0.25) is 0 Å². The lowest BCUT2D eigenvalue weighted by Gasteiger charge is -2.17. The Labute approximate surface area is 261 Å². The number of rotatable bonds is 11. The number of thiazole rings is 1. The first-order valence-electron chi connectivity index (χ1n) is 13.2. The summed E-state index contributed by atoms with van der Waals surface area (Å²) in [6.45, 7) is 0. The first kappa shape index (κ1) is 30.3. The molecule has 44 heavy (non-hydrogen) atoms. The molecule has 12 heteroatoms. The number of nitrogens with one attached hydrogen (secondary N) is 2. The van der Waals surface area contributed by atoms with E-state index in [2.05, 4.69) is 15.6 Å². The summed E-state index contributed by atoms with van der Waals surface area (Å²) in [5, 5.41) is 18.5. The van der Waals surface area contributed by atoms with Crippen LogP contribution in [-0.2, 0) is 4.79 Å². The van der Waals surface area contributed by atoms with Crippen molar-refractivity contribution in [1.29, 1.82) is 0 Å². The number of non-ortho nitro benzene ring substituents is 1. The maximum Gasteiger partial charge on any atom is 0.270 e. The lowest BCUT2D eigenvalue weighted by Crippen LogP contribution is -2.19. The molecule has 0 saturated heterocycles. The number of carbonyl (C=O) groups excluding carboxylic acids is 2. The van der Waals surface area contributed by atoms with Gasteiger partial charge in [0.25, 0.3) is 11.6 Å². The van der Waals surface area contributed by atoms with Crippen molar-refractivity contribution < 1.29 is 24.0 Å². The highest BCUT2D eigenvalue weighted by atomic mass is 32.2. The Bertz CT molecular complexity index is 1810. The Morgan fingerprint density at radius 2 is 1.66 bits per heavy atom. The van der Waals surface area contributed by atoms with Crippen LogP contribution in [0.5, 0.6) is 11.5 Å². The first-order valence-corrected chi connectivity index (χ1v) is 15.0. The molecule has 0 bridgehead atoms. The van der Waals surface area contributed by atoms with Crippen molar-refractivity contribution in [3.05, 3.63) is 124 Å². The van der Waals surface area contributed by atoms with Gasteiger partial charge >= 0.3 is 0 Å². The van der Waals surface area contributed by atoms with Crippen LogP contribution >= 0.6 is 23.1 Å². The van der Waals surface area contributed by atoms with Gasteiger partial charge in [-0.05, 0) is 48.0 Å². The number of ether oxygens (including phenoxy) is 2. The standard InChI is InChI=1S/C32H26N4O6S2/c1-41-27-15-14-21(17-28(27)42-2)26-19-43-32(34-26)35-31(38)29(20-8-4-3-5-9-20)44-25-13-7-11-23(18-25)33-30(37)22-10-6-12-24(16-22)36(39)40/h3-19,29H,1-2H3,(H,33,37)(H,34,35,38). The van der Waals surface area contributed by atoms with Crippen molar-refractivity contribution in [3.8, 4) is 22.8 Å². The third kappa shape index (κ3) is 7.22. The van der Waals surface area contributed by atoms with Crippen LogP contribution in [0.4, 0.5) is 16.5 Å². The molecule has 5 rings (SSSR count). The molecule has 0 aliphatic carbocycles. The minimum absolute atomic E-state index is 0.162. The van der Waals surface area contributed by atoms with Crippen LogP contribution in [0.1, 0.15) is 21.2 Å². The van der Waals surface area contributed by atoms with Crippen molar-refractivity contribution >= 4 is 51.4 Å². The number of nitro groups is 1. The van der Waals surface area contributed by atoms with Gasteiger partial charge in [0, 0.05) is 39.2 Å². The quantitative estimate of drug-likeness (QED) is 0.0877. The summed E-state index contributed by atoms with van der Waals surface area (Å²) >= 11 is 2.63. The van der Waals surface area contributed by atoms with Crippen LogP contribution in [0, 0.1) is 10.1 Å². The molecule has 1 heterocycles. The van der Waals surface area contributed by atoms with E-state index in [9.17, 15) is 19.7 Å². The highest BCUT2D eigenvalue weighted by Crippen LogP contribution is 2.38. The molecule has 0 fully saturated rings. The van der Waals surface area contributed by atoms with Crippen molar-refractivity contribution in [2.45, 2.75) is 10.1 Å². The number of nitro benzene ring substituents is 1. The molecule has 222 valence electrons. The monoisotopic (exact) mass is 626 g/mol. The fourth-order valence-corrected chi connectivity index (χ4v) is 6.08. The molecule has 0 aliphatic heterocycles. The molecular weight excluding hydrogens is 601 g/mol. The second-order valence-electron chi connectivity index (χ2n) is 9.29. The number of hydrogen-bond donors (Lipinski definition) is 2. The number of benzene rings is 4. The molecule has 2 N–H and O–H groups in total. The fourth-order valence-electron chi connectivity index (χ4n) is 4.28. The smallest absolute Gasteiger partial charge is 0.270 e. The fraction of sp³-hybridized carbons (Fsp3) is 0.0938. The van der Waals surface area contributed by atoms with Crippen molar-refractivity contribution in [1.82, 2.24) is 4.98 Å². The number of hydrogen-bond acceptors (Lipinski definition) is 9. The van der Waals surface area contributed by atoms with E-state index in [1.54, 1.807) is 38.5 Å². The second-order valence-corrected chi connectivity index (χ2v) is 11.3. The molecular formula is C32H26N4O6S2. The Hall–Kier alpha value is -5.20. The molecule has 2 amide bonds. The minimum Gasteiger partial charge on any atom is -0.493 e. The molecule has 1 unspecified atom stereocenters. The second kappa shape index (κ2) is 13.8. The van der Waals surface area contributed by atoms with Gasteiger partial charge < -0.3 is 20.1 Å². The van der Waals surface area contributed by atoms with Crippen molar-refractivity contribution in [2.24, 2.45) is 0 Å². The van der Waals surface area contributed by atoms with E-state index in [1.165, 1.54) is 47.4 Å². The lowest BCUT2D eigenvalue weighted by molar-refractivity contribution is -0.384. The number of amides is 2. The molecule has 4 aromatic carbocycles. The van der Waals surface area contributed by atoms with Gasteiger partial charge in [-0.15, -0.1) is 23.1 Å². The van der Waals surface area contributed by atoms with Gasteiger partial charge in [-0.1, -0.05) is 42.5 Å². The summed E-state index contributed by atoms with van der Waals surface area (Å²) in [5.41, 5.74) is 2.76. The number of anilines is 2. The van der Waals surface area contributed by atoms with Gasteiger partial charge in [-0.3, -0.25) is 19.7 Å². The SMILES string of the molecule is COc1ccc(-c2csc(NC(=O)C(Sc3cccc(NC(=O)c4cccc([N+](=O)[O-])c4)c3)c3ccccc3)n2)cc1OC. The molecule has 0 radical (unpaired) electrons. The van der Waals surface area contributed by atoms with E-state index >= 15 is 0 Å². The van der Waals surface area contributed by atoms with E-state index < -0.39 is 16.1 Å². The summed E-state index contributed by atoms with van der Waals surface area (Å²) in [7, 11) is 3.14. The zero-order valence-electron chi connectivity index (χ0n) is 23.6. The number of carbonyl (C=O) groups is 2. The number of thioether (sulfide) groups is 1. The molecule has 5 aromatic rings. The average molecular weight is 627 g/mol. The largest absolute Gasteiger partial charge is 0.493 e. The zero-order valence-corrected chi connectivity index (χ0v) is 25.2. The number of nitrogens with zero attached hydrogens (tertiary/aromatic N) is 2. The van der Waals surface area contributed by atoms with Crippen molar-refractivity contribution in [3.63, 3.8) is 0 Å². The Morgan fingerprint density at radius 3 is 2.41 bits per heavy atom. The van der Waals surface area contributed by atoms with Gasteiger partial charge in [-0.2, -0.15) is 0 Å². The van der Waals surface area contributed by atoms with Gasteiger partial charge in [0.05, 0.1) is 24.8 Å². The Kier molecular flexibility index (Phi) is 9.52. The number of methoxy groups -OCH3 is 2. The highest BCUT2D eigenvalue weighted by Gasteiger charge is 2.24. The summed E-state index contributed by atoms with van der Waals surface area (Å²) in [6.07, 6.45) is 0. The van der Waals surface area contributed by atoms with Crippen LogP contribution in [0.15, 0.2) is 107 Å². The zero-order chi connectivity index (χ0) is 31.1. The third-order valence-corrected chi connectivity index (χ3v) is 8.42. The minimum atomic E-state index is -0.632. The van der Waals surface area contributed by atoms with E-state index in [0.29, 0.717) is 28.0 Å². The Balaban J connectivity index is 1.33. The van der Waals surface area contributed by atoms with E-state index in [4.69, 9.17) is 9.47 Å². The van der Waals surface area contributed by atoms with Crippen LogP contribution in [0.25, 0.3) is 11.3 Å². The van der Waals surface area contributed by atoms with Crippen LogP contribution in [0.3, 0.4) is 0 Å². The predicted octanol–water partition coefficient (Wildman–Crippen LogP) is 7.46. The molecule has 1 aromatic heterocycles. The molecule has 0 aliphatic rings. The normalized spacial score (nSPS) is 11.3. The molecule has 1 atom stereocenters. The van der Waals surface area contributed by atoms with E-state index in [0.717, 1.165) is 16.0 Å². The molecule has 0 saturated carbocycles. The maximum absolute atomic E-state index is 13.7. The summed E-state index contributed by atoms with van der Waals surface area (Å²) in [5.74, 6) is 0.436. The first-order chi connectivity index (χ1) is 21.3. The summed E-state index contributed by atoms with van der Waals surface area (Å²) in [4.78, 5) is 42.4. The van der Waals surface area contributed by atoms with Crippen LogP contribution < -0.4 is 20.1 Å². The van der Waals surface area contributed by atoms with E-state index in [-0.39, 0.29) is 17.2 Å². The Morgan fingerprint density at radius 1 is 0.886 bits per heavy atom. The van der Waals surface area contributed by atoms with Gasteiger partial charge in [0.2, 0.25) is 5.91 Å². The van der Waals surface area contributed by atoms with Crippen molar-refractivity contribution in [2.75, 3.05) is 24.9 Å². The van der Waals surface area contributed by atoms with Gasteiger partial charge in [-0.25, -0.2) is 4.98 Å². The van der Waals surface area contributed by atoms with Gasteiger partial charge in [0.1, 0.15) is 5.25 Å². The van der Waals surface area contributed by atoms with E-state index in [1.807, 2.05) is 53.9 Å². The third-order valence-electron chi connectivity index (χ3n) is 6.42. The average Bonchev–Trinajstić information content (AvgIpc) is 3.52. The maximum atomic E-state index is 13.7. The summed E-state index contributed by atoms with van der Waals surface area (Å²) in [6, 6.07) is 27.4. The van der Waals surface area contributed by atoms with Crippen LogP contribution in [-0.4, -0.2) is 35.9 Å².